The maximum absolute atomic E-state index is 13.3. The first-order valence-electron chi connectivity index (χ1n) is 12.5. The van der Waals surface area contributed by atoms with Crippen LogP contribution in [0, 0.1) is 11.8 Å². The number of ether oxygens (including phenoxy) is 1. The molecule has 1 unspecified atom stereocenters. The summed E-state index contributed by atoms with van der Waals surface area (Å²) in [6, 6.07) is 15.5. The molecular weight excluding hydrogens is 444 g/mol. The minimum Gasteiger partial charge on any atom is -0.480 e. The summed E-state index contributed by atoms with van der Waals surface area (Å²) in [5.74, 6) is -1.47. The van der Waals surface area contributed by atoms with Crippen LogP contribution in [0.15, 0.2) is 48.5 Å². The number of aliphatic carboxylic acids is 1. The third kappa shape index (κ3) is 5.50. The number of carbonyl (C=O) groups excluding carboxylic acids is 2. The van der Waals surface area contributed by atoms with Crippen LogP contribution in [0.3, 0.4) is 0 Å². The topological polar surface area (TPSA) is 95.9 Å². The number of alkyl carbamates (subject to hydrolysis) is 1. The highest BCUT2D eigenvalue weighted by Crippen LogP contribution is 2.44. The van der Waals surface area contributed by atoms with Crippen molar-refractivity contribution in [3.8, 4) is 11.1 Å². The van der Waals surface area contributed by atoms with E-state index in [0.29, 0.717) is 19.4 Å². The minimum absolute atomic E-state index is 0.0362. The number of benzene rings is 2. The molecule has 0 saturated carbocycles. The number of amides is 2. The van der Waals surface area contributed by atoms with Gasteiger partial charge in [-0.25, -0.2) is 9.59 Å². The Bertz CT molecular complexity index is 1040. The van der Waals surface area contributed by atoms with Crippen molar-refractivity contribution in [2.24, 2.45) is 11.8 Å². The second kappa shape index (κ2) is 10.9. The SMILES string of the molecule is CC(C)CC(CNC(=O)OCC1c2ccccc2-c2ccccc21)C(=O)N1CCCC[C@@H]1C(=O)O. The summed E-state index contributed by atoms with van der Waals surface area (Å²) in [7, 11) is 0. The molecule has 2 atom stereocenters. The van der Waals surface area contributed by atoms with E-state index in [1.54, 1.807) is 0 Å². The minimum atomic E-state index is -0.967. The Morgan fingerprint density at radius 1 is 1.03 bits per heavy atom. The fraction of sp³-hybridized carbons (Fsp3) is 0.464. The van der Waals surface area contributed by atoms with Crippen molar-refractivity contribution in [2.45, 2.75) is 51.5 Å². The summed E-state index contributed by atoms with van der Waals surface area (Å²) < 4.78 is 5.61. The van der Waals surface area contributed by atoms with Gasteiger partial charge < -0.3 is 20.1 Å². The lowest BCUT2D eigenvalue weighted by molar-refractivity contribution is -0.154. The van der Waals surface area contributed by atoms with Crippen LogP contribution in [-0.2, 0) is 14.3 Å². The first-order valence-corrected chi connectivity index (χ1v) is 12.5. The molecule has 0 radical (unpaired) electrons. The van der Waals surface area contributed by atoms with Gasteiger partial charge in [-0.15, -0.1) is 0 Å². The molecule has 186 valence electrons. The molecule has 1 fully saturated rings. The number of carbonyl (C=O) groups is 3. The lowest BCUT2D eigenvalue weighted by atomic mass is 9.93. The van der Waals surface area contributed by atoms with Crippen molar-refractivity contribution in [3.05, 3.63) is 59.7 Å². The third-order valence-electron chi connectivity index (χ3n) is 7.01. The Hall–Kier alpha value is -3.35. The van der Waals surface area contributed by atoms with E-state index in [4.69, 9.17) is 4.74 Å². The maximum Gasteiger partial charge on any atom is 0.407 e. The van der Waals surface area contributed by atoms with Crippen LogP contribution in [0.5, 0.6) is 0 Å². The number of carboxylic acid groups (broad SMARTS) is 1. The first-order chi connectivity index (χ1) is 16.9. The van der Waals surface area contributed by atoms with Gasteiger partial charge in [-0.1, -0.05) is 62.4 Å². The normalized spacial score (nSPS) is 18.0. The van der Waals surface area contributed by atoms with Crippen molar-refractivity contribution in [1.82, 2.24) is 10.2 Å². The number of rotatable bonds is 8. The molecule has 1 aliphatic carbocycles. The Morgan fingerprint density at radius 3 is 2.26 bits per heavy atom. The third-order valence-corrected chi connectivity index (χ3v) is 7.01. The van der Waals surface area contributed by atoms with E-state index in [0.717, 1.165) is 35.1 Å². The van der Waals surface area contributed by atoms with Crippen molar-refractivity contribution < 1.29 is 24.2 Å². The van der Waals surface area contributed by atoms with E-state index in [2.05, 4.69) is 29.6 Å². The molecule has 2 aromatic rings. The van der Waals surface area contributed by atoms with Crippen LogP contribution < -0.4 is 5.32 Å². The number of likely N-dealkylation sites (tertiary alicyclic amines) is 1. The van der Waals surface area contributed by atoms with E-state index >= 15 is 0 Å². The fourth-order valence-electron chi connectivity index (χ4n) is 5.38. The van der Waals surface area contributed by atoms with Gasteiger partial charge in [0.15, 0.2) is 0 Å². The van der Waals surface area contributed by atoms with Gasteiger partial charge in [0.25, 0.3) is 0 Å². The Kier molecular flexibility index (Phi) is 7.73. The highest BCUT2D eigenvalue weighted by molar-refractivity contribution is 5.86. The van der Waals surface area contributed by atoms with E-state index in [1.165, 1.54) is 4.90 Å². The number of hydrogen-bond acceptors (Lipinski definition) is 4. The zero-order valence-corrected chi connectivity index (χ0v) is 20.4. The van der Waals surface area contributed by atoms with Crippen LogP contribution in [-0.4, -0.2) is 53.7 Å². The van der Waals surface area contributed by atoms with Crippen LogP contribution in [0.2, 0.25) is 0 Å². The predicted octanol–water partition coefficient (Wildman–Crippen LogP) is 4.65. The van der Waals surface area contributed by atoms with Gasteiger partial charge in [0.2, 0.25) is 5.91 Å². The molecule has 4 rings (SSSR count). The lowest BCUT2D eigenvalue weighted by Crippen LogP contribution is -2.52. The highest BCUT2D eigenvalue weighted by Gasteiger charge is 2.36. The molecule has 1 heterocycles. The Labute approximate surface area is 206 Å². The van der Waals surface area contributed by atoms with E-state index < -0.39 is 24.0 Å². The number of nitrogens with one attached hydrogen (secondary N) is 1. The maximum atomic E-state index is 13.3. The fourth-order valence-corrected chi connectivity index (χ4v) is 5.38. The standard InChI is InChI=1S/C28H34N2O5/c1-18(2)15-19(26(31)30-14-8-7-13-25(30)27(32)33)16-29-28(34)35-17-24-22-11-5-3-9-20(22)21-10-4-6-12-23(21)24/h3-6,9-12,18-19,24-25H,7-8,13-17H2,1-2H3,(H,29,34)(H,32,33)/t19?,25-/m1/s1. The van der Waals surface area contributed by atoms with Crippen molar-refractivity contribution >= 4 is 18.0 Å². The van der Waals surface area contributed by atoms with Crippen LogP contribution in [0.4, 0.5) is 4.79 Å². The number of fused-ring (bicyclic) bond motifs is 3. The average Bonchev–Trinajstić information content (AvgIpc) is 3.18. The summed E-state index contributed by atoms with van der Waals surface area (Å²) >= 11 is 0. The van der Waals surface area contributed by atoms with Gasteiger partial charge in [0, 0.05) is 19.0 Å². The summed E-state index contributed by atoms with van der Waals surface area (Å²) in [5, 5.41) is 12.3. The second-order valence-corrected chi connectivity index (χ2v) is 9.91. The van der Waals surface area contributed by atoms with E-state index in [1.807, 2.05) is 38.1 Å². The van der Waals surface area contributed by atoms with Crippen LogP contribution in [0.25, 0.3) is 11.1 Å². The Balaban J connectivity index is 1.38. The molecule has 0 aromatic heterocycles. The van der Waals surface area contributed by atoms with Gasteiger partial charge in [0.05, 0.1) is 5.92 Å². The monoisotopic (exact) mass is 478 g/mol. The van der Waals surface area contributed by atoms with E-state index in [9.17, 15) is 19.5 Å². The summed E-state index contributed by atoms with van der Waals surface area (Å²) in [6.45, 7) is 4.79. The molecule has 7 nitrogen and oxygen atoms in total. The molecule has 0 spiro atoms. The molecule has 0 bridgehead atoms. The van der Waals surface area contributed by atoms with Gasteiger partial charge in [0.1, 0.15) is 12.6 Å². The smallest absolute Gasteiger partial charge is 0.407 e. The largest absolute Gasteiger partial charge is 0.480 e. The number of carboxylic acids is 1. The van der Waals surface area contributed by atoms with Gasteiger partial charge in [-0.3, -0.25) is 4.79 Å². The molecule has 2 aromatic carbocycles. The predicted molar refractivity (Wildman–Crippen MR) is 133 cm³/mol. The summed E-state index contributed by atoms with van der Waals surface area (Å²) in [5.41, 5.74) is 4.60. The molecule has 1 aliphatic heterocycles. The quantitative estimate of drug-likeness (QED) is 0.576. The number of piperidine rings is 1. The van der Waals surface area contributed by atoms with Gasteiger partial charge in [-0.05, 0) is 53.9 Å². The highest BCUT2D eigenvalue weighted by atomic mass is 16.5. The number of hydrogen-bond donors (Lipinski definition) is 2. The molecule has 35 heavy (non-hydrogen) atoms. The van der Waals surface area contributed by atoms with E-state index in [-0.39, 0.29) is 30.9 Å². The zero-order valence-electron chi connectivity index (χ0n) is 20.4. The van der Waals surface area contributed by atoms with Crippen molar-refractivity contribution in [1.29, 1.82) is 0 Å². The lowest BCUT2D eigenvalue weighted by Gasteiger charge is -2.35. The summed E-state index contributed by atoms with van der Waals surface area (Å²) in [6.07, 6.45) is 2.06. The molecule has 2 N–H and O–H groups in total. The first kappa shape index (κ1) is 24.8. The molecule has 2 amide bonds. The van der Waals surface area contributed by atoms with Crippen molar-refractivity contribution in [2.75, 3.05) is 19.7 Å². The Morgan fingerprint density at radius 2 is 1.66 bits per heavy atom. The molecular formula is C28H34N2O5. The molecule has 1 saturated heterocycles. The van der Waals surface area contributed by atoms with Crippen LogP contribution >= 0.6 is 0 Å². The molecule has 7 heteroatoms. The second-order valence-electron chi connectivity index (χ2n) is 9.91. The van der Waals surface area contributed by atoms with Gasteiger partial charge >= 0.3 is 12.1 Å². The summed E-state index contributed by atoms with van der Waals surface area (Å²) in [4.78, 5) is 39.1. The van der Waals surface area contributed by atoms with Crippen LogP contribution in [0.1, 0.15) is 56.6 Å². The molecule has 2 aliphatic rings. The average molecular weight is 479 g/mol. The van der Waals surface area contributed by atoms with Gasteiger partial charge in [-0.2, -0.15) is 0 Å². The zero-order chi connectivity index (χ0) is 24.9. The number of nitrogens with zero attached hydrogens (tertiary/aromatic N) is 1. The van der Waals surface area contributed by atoms with Crippen molar-refractivity contribution in [3.63, 3.8) is 0 Å².